The minimum atomic E-state index is -0.960. The van der Waals surface area contributed by atoms with Crippen LogP contribution in [0, 0.1) is 17.0 Å². The molecule has 1 atom stereocenters. The molecule has 1 amide bonds. The van der Waals surface area contributed by atoms with Crippen molar-refractivity contribution in [2.24, 2.45) is 0 Å². The Kier molecular flexibility index (Phi) is 5.98. The SMILES string of the molecule is Cc1ccc(C([O-])=C2C(=O)C(=O)N(CC[NH+](C)C)C2c2cccc([N+](=O)[O-])c2)cc1. The summed E-state index contributed by atoms with van der Waals surface area (Å²) in [6, 6.07) is 11.5. The predicted molar refractivity (Wildman–Crippen MR) is 108 cm³/mol. The average molecular weight is 409 g/mol. The molecule has 2 aromatic carbocycles. The van der Waals surface area contributed by atoms with Gasteiger partial charge < -0.3 is 14.9 Å². The third-order valence-corrected chi connectivity index (χ3v) is 5.09. The molecular formula is C22H23N3O5. The van der Waals surface area contributed by atoms with Crippen LogP contribution in [0.2, 0.25) is 0 Å². The van der Waals surface area contributed by atoms with Gasteiger partial charge in [0.2, 0.25) is 5.78 Å². The highest BCUT2D eigenvalue weighted by atomic mass is 16.6. The first-order valence-electron chi connectivity index (χ1n) is 9.57. The van der Waals surface area contributed by atoms with Crippen LogP contribution in [0.3, 0.4) is 0 Å². The van der Waals surface area contributed by atoms with Gasteiger partial charge in [-0.15, -0.1) is 0 Å². The minimum absolute atomic E-state index is 0.167. The van der Waals surface area contributed by atoms with Gasteiger partial charge in [-0.1, -0.05) is 47.7 Å². The van der Waals surface area contributed by atoms with Crippen LogP contribution in [-0.4, -0.2) is 48.7 Å². The summed E-state index contributed by atoms with van der Waals surface area (Å²) >= 11 is 0. The molecular weight excluding hydrogens is 386 g/mol. The first kappa shape index (κ1) is 21.2. The maximum atomic E-state index is 13.2. The number of benzene rings is 2. The minimum Gasteiger partial charge on any atom is -0.872 e. The van der Waals surface area contributed by atoms with Gasteiger partial charge in [0, 0.05) is 17.7 Å². The molecule has 1 aliphatic rings. The van der Waals surface area contributed by atoms with Gasteiger partial charge in [0.25, 0.3) is 11.6 Å². The molecule has 0 bridgehead atoms. The van der Waals surface area contributed by atoms with Crippen LogP contribution in [-0.2, 0) is 9.59 Å². The van der Waals surface area contributed by atoms with Crippen LogP contribution in [0.25, 0.3) is 5.76 Å². The smallest absolute Gasteiger partial charge is 0.295 e. The average Bonchev–Trinajstić information content (AvgIpc) is 2.97. The highest BCUT2D eigenvalue weighted by molar-refractivity contribution is 6.46. The van der Waals surface area contributed by atoms with Crippen molar-refractivity contribution < 1.29 is 24.5 Å². The number of aryl methyl sites for hydroxylation is 1. The van der Waals surface area contributed by atoms with Crippen LogP contribution in [0.1, 0.15) is 22.7 Å². The topological polar surface area (TPSA) is 108 Å². The van der Waals surface area contributed by atoms with Gasteiger partial charge in [-0.3, -0.25) is 19.7 Å². The number of carbonyl (C=O) groups excluding carboxylic acids is 2. The van der Waals surface area contributed by atoms with Crippen LogP contribution in [0.4, 0.5) is 5.69 Å². The molecule has 0 aromatic heterocycles. The summed E-state index contributed by atoms with van der Waals surface area (Å²) in [7, 11) is 3.82. The van der Waals surface area contributed by atoms with Gasteiger partial charge in [0.1, 0.15) is 0 Å². The van der Waals surface area contributed by atoms with Gasteiger partial charge in [0.05, 0.1) is 38.2 Å². The van der Waals surface area contributed by atoms with Crippen molar-refractivity contribution in [2.45, 2.75) is 13.0 Å². The fraction of sp³-hybridized carbons (Fsp3) is 0.273. The van der Waals surface area contributed by atoms with E-state index in [2.05, 4.69) is 0 Å². The summed E-state index contributed by atoms with van der Waals surface area (Å²) in [5.74, 6) is -2.15. The number of hydrogen-bond donors (Lipinski definition) is 1. The number of nitro groups is 1. The molecule has 1 fully saturated rings. The summed E-state index contributed by atoms with van der Waals surface area (Å²) in [6.45, 7) is 2.67. The molecule has 8 heteroatoms. The van der Waals surface area contributed by atoms with Gasteiger partial charge in [-0.05, 0) is 18.1 Å². The molecule has 156 valence electrons. The van der Waals surface area contributed by atoms with Crippen LogP contribution >= 0.6 is 0 Å². The Hall–Kier alpha value is -3.52. The van der Waals surface area contributed by atoms with Crippen molar-refractivity contribution >= 4 is 23.1 Å². The number of Topliss-reactive ketones (excluding diaryl/α,β-unsaturated/α-hetero) is 1. The normalized spacial score (nSPS) is 18.3. The lowest BCUT2D eigenvalue weighted by Crippen LogP contribution is -3.06. The van der Waals surface area contributed by atoms with Gasteiger partial charge in [-0.25, -0.2) is 0 Å². The number of likely N-dealkylation sites (tertiary alicyclic amines) is 1. The Morgan fingerprint density at radius 1 is 1.13 bits per heavy atom. The zero-order valence-corrected chi connectivity index (χ0v) is 17.0. The van der Waals surface area contributed by atoms with Crippen molar-refractivity contribution in [3.05, 3.63) is 80.9 Å². The monoisotopic (exact) mass is 409 g/mol. The molecule has 3 rings (SSSR count). The second kappa shape index (κ2) is 8.46. The standard InChI is InChI=1S/C22H23N3O5/c1-14-7-9-15(10-8-14)20(26)18-19(16-5-4-6-17(13-16)25(29)30)24(12-11-23(2)3)22(28)21(18)27/h4-10,13,19,26H,11-12H2,1-3H3. The highest BCUT2D eigenvalue weighted by Crippen LogP contribution is 2.39. The van der Waals surface area contributed by atoms with E-state index in [1.807, 2.05) is 21.0 Å². The van der Waals surface area contributed by atoms with E-state index in [1.165, 1.54) is 23.1 Å². The molecule has 8 nitrogen and oxygen atoms in total. The quantitative estimate of drug-likeness (QED) is 0.242. The van der Waals surface area contributed by atoms with E-state index in [0.29, 0.717) is 17.7 Å². The molecule has 1 unspecified atom stereocenters. The molecule has 1 saturated heterocycles. The summed E-state index contributed by atoms with van der Waals surface area (Å²) in [5.41, 5.74) is 1.29. The Labute approximate surface area is 174 Å². The first-order valence-corrected chi connectivity index (χ1v) is 9.57. The largest absolute Gasteiger partial charge is 0.872 e. The van der Waals surface area contributed by atoms with E-state index in [-0.39, 0.29) is 17.8 Å². The number of quaternary nitrogens is 1. The van der Waals surface area contributed by atoms with E-state index in [0.717, 1.165) is 10.5 Å². The lowest BCUT2D eigenvalue weighted by atomic mass is 9.94. The molecule has 0 spiro atoms. The number of non-ortho nitro benzene ring substituents is 1. The van der Waals surface area contributed by atoms with Crippen molar-refractivity contribution in [3.63, 3.8) is 0 Å². The third-order valence-electron chi connectivity index (χ3n) is 5.09. The lowest BCUT2D eigenvalue weighted by Gasteiger charge is -2.27. The summed E-state index contributed by atoms with van der Waals surface area (Å²) < 4.78 is 0. The lowest BCUT2D eigenvalue weighted by molar-refractivity contribution is -0.857. The molecule has 1 N–H and O–H groups in total. The maximum Gasteiger partial charge on any atom is 0.295 e. The second-order valence-electron chi connectivity index (χ2n) is 7.65. The number of ketones is 1. The molecule has 1 aliphatic heterocycles. The van der Waals surface area contributed by atoms with E-state index < -0.39 is 28.4 Å². The fourth-order valence-electron chi connectivity index (χ4n) is 3.46. The van der Waals surface area contributed by atoms with Gasteiger partial charge >= 0.3 is 0 Å². The summed E-state index contributed by atoms with van der Waals surface area (Å²) in [4.78, 5) is 38.7. The number of carbonyl (C=O) groups is 2. The van der Waals surface area contributed by atoms with Crippen LogP contribution < -0.4 is 10.0 Å². The number of nitro benzene ring substituents is 1. The Morgan fingerprint density at radius 2 is 1.80 bits per heavy atom. The number of amides is 1. The molecule has 2 aromatic rings. The molecule has 0 aliphatic carbocycles. The van der Waals surface area contributed by atoms with Crippen LogP contribution in [0.15, 0.2) is 54.1 Å². The van der Waals surface area contributed by atoms with Crippen LogP contribution in [0.5, 0.6) is 0 Å². The third kappa shape index (κ3) is 4.08. The first-order chi connectivity index (χ1) is 14.2. The fourth-order valence-corrected chi connectivity index (χ4v) is 3.46. The van der Waals surface area contributed by atoms with Crippen molar-refractivity contribution in [3.8, 4) is 0 Å². The zero-order chi connectivity index (χ0) is 22.0. The van der Waals surface area contributed by atoms with E-state index >= 15 is 0 Å². The molecule has 0 radical (unpaired) electrons. The summed E-state index contributed by atoms with van der Waals surface area (Å²) in [6.07, 6.45) is 0. The Morgan fingerprint density at radius 3 is 2.40 bits per heavy atom. The van der Waals surface area contributed by atoms with Crippen molar-refractivity contribution in [2.75, 3.05) is 27.2 Å². The molecule has 30 heavy (non-hydrogen) atoms. The Balaban J connectivity index is 2.17. The number of nitrogens with zero attached hydrogens (tertiary/aromatic N) is 2. The van der Waals surface area contributed by atoms with Crippen molar-refractivity contribution in [1.29, 1.82) is 0 Å². The second-order valence-corrected chi connectivity index (χ2v) is 7.65. The number of hydrogen-bond acceptors (Lipinski definition) is 5. The van der Waals surface area contributed by atoms with Crippen molar-refractivity contribution in [1.82, 2.24) is 4.90 Å². The maximum absolute atomic E-state index is 13.2. The number of rotatable bonds is 6. The summed E-state index contributed by atoms with van der Waals surface area (Å²) in [5, 5.41) is 24.5. The molecule has 1 heterocycles. The molecule has 0 saturated carbocycles. The number of likely N-dealkylation sites (N-methyl/N-ethyl adjacent to an activating group) is 1. The zero-order valence-electron chi connectivity index (χ0n) is 17.0. The predicted octanol–water partition coefficient (Wildman–Crippen LogP) is 0.272. The van der Waals surface area contributed by atoms with Gasteiger partial charge in [-0.2, -0.15) is 0 Å². The van der Waals surface area contributed by atoms with E-state index in [9.17, 15) is 24.8 Å². The highest BCUT2D eigenvalue weighted by Gasteiger charge is 2.44. The Bertz CT molecular complexity index is 1030. The van der Waals surface area contributed by atoms with E-state index in [1.54, 1.807) is 30.3 Å². The van der Waals surface area contributed by atoms with Gasteiger partial charge in [0.15, 0.2) is 0 Å². The number of nitrogens with one attached hydrogen (secondary N) is 1. The van der Waals surface area contributed by atoms with E-state index in [4.69, 9.17) is 0 Å².